The first-order valence-electron chi connectivity index (χ1n) is 11.1. The lowest BCUT2D eigenvalue weighted by Gasteiger charge is -2.22. The highest BCUT2D eigenvalue weighted by Gasteiger charge is 2.27. The number of ether oxygens (including phenoxy) is 1. The molecule has 3 N–H and O–H groups in total. The molecule has 0 unspecified atom stereocenters. The maximum Gasteiger partial charge on any atom is 0.254 e. The predicted octanol–water partition coefficient (Wildman–Crippen LogP) is 2.85. The molecule has 1 aliphatic rings. The Labute approximate surface area is 212 Å². The van der Waals surface area contributed by atoms with Crippen molar-refractivity contribution >= 4 is 38.1 Å². The third-order valence-corrected chi connectivity index (χ3v) is 7.84. The van der Waals surface area contributed by atoms with Gasteiger partial charge in [-0.25, -0.2) is 17.8 Å². The lowest BCUT2D eigenvalue weighted by molar-refractivity contribution is -0.116. The molecule has 2 aromatic carbocycles. The van der Waals surface area contributed by atoms with Crippen molar-refractivity contribution in [2.24, 2.45) is 5.73 Å². The standard InChI is InChI=1S/C24H25FN4O5S2/c1-3-16-17(5-7-20(22(16)25)36(2,32)33)23(31)29-8-9-34-18-6-4-14(10-15(18)13-29)19-11-27-24(35-19)28-12-21(26)30/h4-7,10-11H,3,8-9,12-13H2,1-2H3,(H2,26,30)(H,27,28). The Balaban J connectivity index is 1.62. The van der Waals surface area contributed by atoms with Gasteiger partial charge in [-0.05, 0) is 42.3 Å². The summed E-state index contributed by atoms with van der Waals surface area (Å²) in [4.78, 5) is 30.7. The Morgan fingerprint density at radius 2 is 2.06 bits per heavy atom. The molecule has 0 spiro atoms. The van der Waals surface area contributed by atoms with Crippen molar-refractivity contribution in [3.63, 3.8) is 0 Å². The molecule has 0 aliphatic carbocycles. The third-order valence-electron chi connectivity index (χ3n) is 5.72. The summed E-state index contributed by atoms with van der Waals surface area (Å²) in [5.41, 5.74) is 6.99. The molecule has 4 rings (SSSR count). The van der Waals surface area contributed by atoms with Gasteiger partial charge in [-0.15, -0.1) is 0 Å². The van der Waals surface area contributed by atoms with Crippen LogP contribution in [-0.2, 0) is 27.6 Å². The lowest BCUT2D eigenvalue weighted by atomic mass is 10.0. The van der Waals surface area contributed by atoms with Crippen molar-refractivity contribution in [3.05, 3.63) is 59.0 Å². The highest BCUT2D eigenvalue weighted by atomic mass is 32.2. The number of benzene rings is 2. The Hall–Kier alpha value is -3.51. The monoisotopic (exact) mass is 532 g/mol. The molecule has 3 aromatic rings. The van der Waals surface area contributed by atoms with E-state index in [2.05, 4.69) is 10.3 Å². The lowest BCUT2D eigenvalue weighted by Crippen LogP contribution is -2.33. The molecule has 0 fully saturated rings. The van der Waals surface area contributed by atoms with Gasteiger partial charge >= 0.3 is 0 Å². The van der Waals surface area contributed by atoms with Gasteiger partial charge in [0.15, 0.2) is 15.0 Å². The second-order valence-corrected chi connectivity index (χ2v) is 11.3. The number of thiazole rings is 1. The molecule has 0 radical (unpaired) electrons. The van der Waals surface area contributed by atoms with E-state index >= 15 is 4.39 Å². The van der Waals surface area contributed by atoms with Crippen LogP contribution in [-0.4, -0.2) is 56.1 Å². The Morgan fingerprint density at radius 1 is 1.28 bits per heavy atom. The van der Waals surface area contributed by atoms with E-state index in [-0.39, 0.29) is 43.8 Å². The molecular weight excluding hydrogens is 507 g/mol. The second-order valence-electron chi connectivity index (χ2n) is 8.28. The van der Waals surface area contributed by atoms with Crippen LogP contribution in [0.25, 0.3) is 10.4 Å². The number of hydrogen-bond acceptors (Lipinski definition) is 8. The summed E-state index contributed by atoms with van der Waals surface area (Å²) in [6.07, 6.45) is 2.78. The zero-order valence-corrected chi connectivity index (χ0v) is 21.3. The fourth-order valence-corrected chi connectivity index (χ4v) is 5.55. The number of primary amides is 1. The van der Waals surface area contributed by atoms with Gasteiger partial charge in [0.1, 0.15) is 23.1 Å². The van der Waals surface area contributed by atoms with Gasteiger partial charge in [-0.3, -0.25) is 9.59 Å². The minimum absolute atomic E-state index is 0.0203. The quantitative estimate of drug-likeness (QED) is 0.478. The molecule has 12 heteroatoms. The number of sulfone groups is 1. The van der Waals surface area contributed by atoms with Gasteiger partial charge in [-0.2, -0.15) is 0 Å². The number of nitrogens with zero attached hydrogens (tertiary/aromatic N) is 2. The number of fused-ring (bicyclic) bond motifs is 1. The van der Waals surface area contributed by atoms with Crippen molar-refractivity contribution in [2.45, 2.75) is 24.8 Å². The average Bonchev–Trinajstić information content (AvgIpc) is 3.20. The maximum absolute atomic E-state index is 15.0. The van der Waals surface area contributed by atoms with Gasteiger partial charge in [-0.1, -0.05) is 18.3 Å². The molecule has 0 saturated carbocycles. The number of nitrogens with two attached hydrogens (primary N) is 1. The van der Waals surface area contributed by atoms with Crippen LogP contribution < -0.4 is 15.8 Å². The highest BCUT2D eigenvalue weighted by molar-refractivity contribution is 7.90. The van der Waals surface area contributed by atoms with Gasteiger partial charge in [0, 0.05) is 35.7 Å². The van der Waals surface area contributed by atoms with E-state index in [1.54, 1.807) is 18.0 Å². The number of halogens is 1. The zero-order chi connectivity index (χ0) is 26.0. The molecule has 2 amide bonds. The summed E-state index contributed by atoms with van der Waals surface area (Å²) >= 11 is 1.36. The summed E-state index contributed by atoms with van der Waals surface area (Å²) in [6, 6.07) is 8.14. The second kappa shape index (κ2) is 10.2. The molecular formula is C24H25FN4O5S2. The van der Waals surface area contributed by atoms with E-state index in [1.807, 2.05) is 18.2 Å². The average molecular weight is 533 g/mol. The van der Waals surface area contributed by atoms with Gasteiger partial charge in [0.25, 0.3) is 5.91 Å². The Kier molecular flexibility index (Phi) is 7.27. The molecule has 36 heavy (non-hydrogen) atoms. The third kappa shape index (κ3) is 5.34. The smallest absolute Gasteiger partial charge is 0.254 e. The summed E-state index contributed by atoms with van der Waals surface area (Å²) in [6.45, 7) is 2.42. The van der Waals surface area contributed by atoms with Crippen molar-refractivity contribution in [2.75, 3.05) is 31.3 Å². The van der Waals surface area contributed by atoms with Crippen LogP contribution in [0.2, 0.25) is 0 Å². The van der Waals surface area contributed by atoms with E-state index in [0.29, 0.717) is 10.9 Å². The number of nitrogens with one attached hydrogen (secondary N) is 1. The minimum Gasteiger partial charge on any atom is -0.491 e. The number of anilines is 1. The van der Waals surface area contributed by atoms with Crippen molar-refractivity contribution in [3.8, 4) is 16.2 Å². The number of carbonyl (C=O) groups excluding carboxylic acids is 2. The number of amides is 2. The van der Waals surface area contributed by atoms with Crippen LogP contribution in [0.4, 0.5) is 9.52 Å². The number of rotatable bonds is 7. The minimum atomic E-state index is -3.77. The molecule has 1 aromatic heterocycles. The van der Waals surface area contributed by atoms with Crippen molar-refractivity contribution in [1.29, 1.82) is 0 Å². The Morgan fingerprint density at radius 3 is 2.75 bits per heavy atom. The fraction of sp³-hybridized carbons (Fsp3) is 0.292. The van der Waals surface area contributed by atoms with E-state index < -0.39 is 32.4 Å². The topological polar surface area (TPSA) is 132 Å². The van der Waals surface area contributed by atoms with Gasteiger partial charge < -0.3 is 20.7 Å². The summed E-state index contributed by atoms with van der Waals surface area (Å²) in [5, 5.41) is 3.42. The molecule has 2 heterocycles. The zero-order valence-electron chi connectivity index (χ0n) is 19.7. The van der Waals surface area contributed by atoms with Crippen LogP contribution in [0.5, 0.6) is 5.75 Å². The maximum atomic E-state index is 15.0. The SMILES string of the molecule is CCc1c(C(=O)N2CCOc3ccc(-c4cnc(NCC(N)=O)s4)cc3C2)ccc(S(C)(=O)=O)c1F. The summed E-state index contributed by atoms with van der Waals surface area (Å²) < 4.78 is 44.7. The van der Waals surface area contributed by atoms with Gasteiger partial charge in [0.05, 0.1) is 18.0 Å². The van der Waals surface area contributed by atoms with Crippen LogP contribution in [0, 0.1) is 5.82 Å². The highest BCUT2D eigenvalue weighted by Crippen LogP contribution is 2.34. The largest absolute Gasteiger partial charge is 0.491 e. The molecule has 0 atom stereocenters. The number of carbonyl (C=O) groups is 2. The van der Waals surface area contributed by atoms with Crippen LogP contribution in [0.1, 0.15) is 28.4 Å². The van der Waals surface area contributed by atoms with Crippen molar-refractivity contribution < 1.29 is 27.1 Å². The van der Waals surface area contributed by atoms with Gasteiger partial charge in [0.2, 0.25) is 5.91 Å². The first kappa shape index (κ1) is 25.6. The first-order valence-corrected chi connectivity index (χ1v) is 13.8. The van der Waals surface area contributed by atoms with E-state index in [0.717, 1.165) is 28.3 Å². The first-order chi connectivity index (χ1) is 17.1. The number of aromatic nitrogens is 1. The molecule has 0 saturated heterocycles. The predicted molar refractivity (Wildman–Crippen MR) is 134 cm³/mol. The van der Waals surface area contributed by atoms with Crippen molar-refractivity contribution in [1.82, 2.24) is 9.88 Å². The molecule has 0 bridgehead atoms. The Bertz CT molecular complexity index is 1440. The van der Waals surface area contributed by atoms with Crippen LogP contribution in [0.15, 0.2) is 41.4 Å². The fourth-order valence-electron chi connectivity index (χ4n) is 3.98. The van der Waals surface area contributed by atoms with Crippen LogP contribution >= 0.6 is 11.3 Å². The van der Waals surface area contributed by atoms with Crippen LogP contribution in [0.3, 0.4) is 0 Å². The normalized spacial score (nSPS) is 13.5. The van der Waals surface area contributed by atoms with E-state index in [9.17, 15) is 18.0 Å². The molecule has 190 valence electrons. The molecule has 1 aliphatic heterocycles. The summed E-state index contributed by atoms with van der Waals surface area (Å²) in [7, 11) is -3.77. The number of hydrogen-bond donors (Lipinski definition) is 2. The van der Waals surface area contributed by atoms with E-state index in [4.69, 9.17) is 10.5 Å². The molecule has 9 nitrogen and oxygen atoms in total. The summed E-state index contributed by atoms with van der Waals surface area (Å²) in [5.74, 6) is -1.13. The van der Waals surface area contributed by atoms with E-state index in [1.165, 1.54) is 17.4 Å².